The van der Waals surface area contributed by atoms with Gasteiger partial charge in [0.1, 0.15) is 12.4 Å². The quantitative estimate of drug-likeness (QED) is 0.884. The van der Waals surface area contributed by atoms with Crippen molar-refractivity contribution in [3.8, 4) is 5.75 Å². The van der Waals surface area contributed by atoms with Gasteiger partial charge in [0.2, 0.25) is 5.91 Å². The van der Waals surface area contributed by atoms with Crippen LogP contribution in [0.3, 0.4) is 0 Å². The number of hydrogen-bond acceptors (Lipinski definition) is 4. The standard InChI is InChI=1S/C19H23N3O2/c1-14-3-4-16(9-21-14)13-24-18-7-5-15(6-8-18)10-22-11-17(12-22)19(23)20-2/h3-9,17H,10-13H2,1-2H3,(H,20,23). The molecule has 0 unspecified atom stereocenters. The Balaban J connectivity index is 1.46. The highest BCUT2D eigenvalue weighted by Crippen LogP contribution is 2.20. The summed E-state index contributed by atoms with van der Waals surface area (Å²) in [5.74, 6) is 1.13. The number of carbonyl (C=O) groups is 1. The van der Waals surface area contributed by atoms with E-state index >= 15 is 0 Å². The third-order valence-electron chi connectivity index (χ3n) is 4.28. The van der Waals surface area contributed by atoms with Crippen molar-refractivity contribution in [3.05, 3.63) is 59.4 Å². The lowest BCUT2D eigenvalue weighted by molar-refractivity contribution is -0.129. The van der Waals surface area contributed by atoms with Gasteiger partial charge in [-0.3, -0.25) is 14.7 Å². The fourth-order valence-corrected chi connectivity index (χ4v) is 2.77. The Labute approximate surface area is 142 Å². The van der Waals surface area contributed by atoms with E-state index in [1.807, 2.05) is 37.4 Å². The van der Waals surface area contributed by atoms with Gasteiger partial charge in [-0.2, -0.15) is 0 Å². The molecule has 1 N–H and O–H groups in total. The first-order chi connectivity index (χ1) is 11.6. The van der Waals surface area contributed by atoms with Gasteiger partial charge >= 0.3 is 0 Å². The number of benzene rings is 1. The summed E-state index contributed by atoms with van der Waals surface area (Å²) in [5, 5.41) is 2.70. The van der Waals surface area contributed by atoms with E-state index in [4.69, 9.17) is 4.74 Å². The van der Waals surface area contributed by atoms with Crippen LogP contribution in [0.25, 0.3) is 0 Å². The molecule has 2 aromatic rings. The second-order valence-electron chi connectivity index (χ2n) is 6.25. The van der Waals surface area contributed by atoms with E-state index in [9.17, 15) is 4.79 Å². The van der Waals surface area contributed by atoms with E-state index in [0.29, 0.717) is 6.61 Å². The molecule has 24 heavy (non-hydrogen) atoms. The second-order valence-corrected chi connectivity index (χ2v) is 6.25. The van der Waals surface area contributed by atoms with E-state index < -0.39 is 0 Å². The molecule has 2 heterocycles. The van der Waals surface area contributed by atoms with Gasteiger partial charge in [-0.1, -0.05) is 18.2 Å². The molecule has 1 fully saturated rings. The molecule has 5 heteroatoms. The summed E-state index contributed by atoms with van der Waals surface area (Å²) in [7, 11) is 1.69. The normalized spacial score (nSPS) is 14.9. The monoisotopic (exact) mass is 325 g/mol. The van der Waals surface area contributed by atoms with Gasteiger partial charge in [0.15, 0.2) is 0 Å². The van der Waals surface area contributed by atoms with Crippen LogP contribution in [0.4, 0.5) is 0 Å². The molecule has 1 aromatic heterocycles. The third kappa shape index (κ3) is 4.11. The number of aromatic nitrogens is 1. The second kappa shape index (κ2) is 7.45. The van der Waals surface area contributed by atoms with Gasteiger partial charge in [-0.25, -0.2) is 0 Å². The molecule has 0 saturated carbocycles. The number of nitrogens with one attached hydrogen (secondary N) is 1. The highest BCUT2D eigenvalue weighted by atomic mass is 16.5. The van der Waals surface area contributed by atoms with Gasteiger partial charge in [0.25, 0.3) is 0 Å². The lowest BCUT2D eigenvalue weighted by Gasteiger charge is -2.38. The van der Waals surface area contributed by atoms with Crippen molar-refractivity contribution in [2.24, 2.45) is 5.92 Å². The first-order valence-corrected chi connectivity index (χ1v) is 8.21. The summed E-state index contributed by atoms with van der Waals surface area (Å²) in [6, 6.07) is 12.2. The number of hydrogen-bond donors (Lipinski definition) is 1. The molecule has 5 nitrogen and oxygen atoms in total. The molecule has 0 atom stereocenters. The van der Waals surface area contributed by atoms with Crippen molar-refractivity contribution in [3.63, 3.8) is 0 Å². The molecule has 126 valence electrons. The topological polar surface area (TPSA) is 54.5 Å². The molecule has 3 rings (SSSR count). The van der Waals surface area contributed by atoms with Crippen molar-refractivity contribution in [1.82, 2.24) is 15.2 Å². The van der Waals surface area contributed by atoms with Gasteiger partial charge in [-0.15, -0.1) is 0 Å². The Kier molecular flexibility index (Phi) is 5.11. The van der Waals surface area contributed by atoms with Gasteiger partial charge in [0, 0.05) is 44.1 Å². The molecule has 0 radical (unpaired) electrons. The van der Waals surface area contributed by atoms with Crippen LogP contribution in [0.5, 0.6) is 5.75 Å². The summed E-state index contributed by atoms with van der Waals surface area (Å²) in [6.45, 7) is 5.03. The highest BCUT2D eigenvalue weighted by Gasteiger charge is 2.31. The summed E-state index contributed by atoms with van der Waals surface area (Å²) in [4.78, 5) is 18.0. The maximum atomic E-state index is 11.5. The number of likely N-dealkylation sites (tertiary alicyclic amines) is 1. The van der Waals surface area contributed by atoms with Gasteiger partial charge in [-0.05, 0) is 30.7 Å². The zero-order valence-electron chi connectivity index (χ0n) is 14.2. The largest absolute Gasteiger partial charge is 0.489 e. The van der Waals surface area contributed by atoms with Crippen molar-refractivity contribution < 1.29 is 9.53 Å². The van der Waals surface area contributed by atoms with Crippen molar-refractivity contribution in [1.29, 1.82) is 0 Å². The van der Waals surface area contributed by atoms with E-state index in [1.165, 1.54) is 5.56 Å². The van der Waals surface area contributed by atoms with Crippen LogP contribution in [0.15, 0.2) is 42.6 Å². The lowest BCUT2D eigenvalue weighted by atomic mass is 9.98. The Morgan fingerprint density at radius 2 is 1.92 bits per heavy atom. The number of amides is 1. The number of rotatable bonds is 6. The number of nitrogens with zero attached hydrogens (tertiary/aromatic N) is 2. The SMILES string of the molecule is CNC(=O)C1CN(Cc2ccc(OCc3ccc(C)nc3)cc2)C1. The molecular formula is C19H23N3O2. The Bertz CT molecular complexity index is 677. The molecule has 0 bridgehead atoms. The molecule has 0 aliphatic carbocycles. The van der Waals surface area contributed by atoms with E-state index in [1.54, 1.807) is 7.05 Å². The minimum atomic E-state index is 0.139. The Morgan fingerprint density at radius 1 is 1.21 bits per heavy atom. The molecular weight excluding hydrogens is 302 g/mol. The molecule has 1 saturated heterocycles. The van der Waals surface area contributed by atoms with E-state index in [-0.39, 0.29) is 11.8 Å². The van der Waals surface area contributed by atoms with E-state index in [0.717, 1.165) is 36.6 Å². The van der Waals surface area contributed by atoms with Gasteiger partial charge in [0.05, 0.1) is 5.92 Å². The minimum absolute atomic E-state index is 0.139. The maximum absolute atomic E-state index is 11.5. The zero-order chi connectivity index (χ0) is 16.9. The predicted molar refractivity (Wildman–Crippen MR) is 92.6 cm³/mol. The first-order valence-electron chi connectivity index (χ1n) is 8.21. The summed E-state index contributed by atoms with van der Waals surface area (Å²) in [5.41, 5.74) is 3.30. The number of carbonyl (C=O) groups excluding carboxylic acids is 1. The first kappa shape index (κ1) is 16.5. The maximum Gasteiger partial charge on any atom is 0.225 e. The fraction of sp³-hybridized carbons (Fsp3) is 0.368. The number of aryl methyl sites for hydroxylation is 1. The summed E-state index contributed by atoms with van der Waals surface area (Å²) in [6.07, 6.45) is 1.84. The van der Waals surface area contributed by atoms with Crippen LogP contribution in [-0.2, 0) is 17.9 Å². The molecule has 0 spiro atoms. The minimum Gasteiger partial charge on any atom is -0.489 e. The smallest absolute Gasteiger partial charge is 0.225 e. The summed E-state index contributed by atoms with van der Waals surface area (Å²) < 4.78 is 5.79. The van der Waals surface area contributed by atoms with Crippen LogP contribution < -0.4 is 10.1 Å². The number of ether oxygens (including phenoxy) is 1. The molecule has 1 aromatic carbocycles. The van der Waals surface area contributed by atoms with Crippen LogP contribution in [0.2, 0.25) is 0 Å². The van der Waals surface area contributed by atoms with Crippen molar-refractivity contribution in [2.75, 3.05) is 20.1 Å². The van der Waals surface area contributed by atoms with Crippen LogP contribution >= 0.6 is 0 Å². The zero-order valence-corrected chi connectivity index (χ0v) is 14.2. The molecule has 1 amide bonds. The number of pyridine rings is 1. The lowest BCUT2D eigenvalue weighted by Crippen LogP contribution is -2.52. The third-order valence-corrected chi connectivity index (χ3v) is 4.28. The summed E-state index contributed by atoms with van der Waals surface area (Å²) >= 11 is 0. The average molecular weight is 325 g/mol. The van der Waals surface area contributed by atoms with Gasteiger partial charge < -0.3 is 10.1 Å². The van der Waals surface area contributed by atoms with Crippen molar-refractivity contribution in [2.45, 2.75) is 20.1 Å². The average Bonchev–Trinajstić information content (AvgIpc) is 2.57. The molecule has 1 aliphatic rings. The van der Waals surface area contributed by atoms with Crippen LogP contribution in [0.1, 0.15) is 16.8 Å². The fourth-order valence-electron chi connectivity index (χ4n) is 2.77. The Morgan fingerprint density at radius 3 is 2.54 bits per heavy atom. The van der Waals surface area contributed by atoms with Crippen LogP contribution in [0, 0.1) is 12.8 Å². The van der Waals surface area contributed by atoms with Crippen molar-refractivity contribution >= 4 is 5.91 Å². The Hall–Kier alpha value is -2.40. The van der Waals surface area contributed by atoms with E-state index in [2.05, 4.69) is 27.3 Å². The van der Waals surface area contributed by atoms with Crippen LogP contribution in [-0.4, -0.2) is 35.9 Å². The highest BCUT2D eigenvalue weighted by molar-refractivity contribution is 5.79. The predicted octanol–water partition coefficient (Wildman–Crippen LogP) is 2.15. The molecule has 1 aliphatic heterocycles.